The number of rotatable bonds is 10. The minimum atomic E-state index is 0.682. The third-order valence-corrected chi connectivity index (χ3v) is 2.59. The molecule has 1 rings (SSSR count). The SMILES string of the molecule is O=CCCCCCOCCCc1cccnc1. The number of pyridine rings is 1. The summed E-state index contributed by atoms with van der Waals surface area (Å²) in [5.41, 5.74) is 1.27. The lowest BCUT2D eigenvalue weighted by Gasteiger charge is -2.03. The van der Waals surface area contributed by atoms with Crippen LogP contribution in [0, 0.1) is 0 Å². The molecule has 0 amide bonds. The number of carbonyl (C=O) groups excluding carboxylic acids is 1. The molecule has 0 unspecified atom stereocenters. The summed E-state index contributed by atoms with van der Waals surface area (Å²) >= 11 is 0. The van der Waals surface area contributed by atoms with Crippen LogP contribution in [0.4, 0.5) is 0 Å². The normalized spacial score (nSPS) is 10.4. The van der Waals surface area contributed by atoms with Crippen LogP contribution in [0.5, 0.6) is 0 Å². The maximum absolute atomic E-state index is 10.1. The van der Waals surface area contributed by atoms with Gasteiger partial charge in [0.15, 0.2) is 0 Å². The minimum Gasteiger partial charge on any atom is -0.381 e. The Morgan fingerprint density at radius 3 is 2.82 bits per heavy atom. The molecule has 0 aliphatic heterocycles. The summed E-state index contributed by atoms with van der Waals surface area (Å²) in [6.45, 7) is 1.62. The number of aromatic nitrogens is 1. The zero-order valence-corrected chi connectivity index (χ0v) is 10.3. The molecule has 17 heavy (non-hydrogen) atoms. The fourth-order valence-electron chi connectivity index (χ4n) is 1.63. The molecule has 0 spiro atoms. The summed E-state index contributed by atoms with van der Waals surface area (Å²) in [4.78, 5) is 14.1. The first-order valence-electron chi connectivity index (χ1n) is 6.34. The average molecular weight is 235 g/mol. The third-order valence-electron chi connectivity index (χ3n) is 2.59. The van der Waals surface area contributed by atoms with Gasteiger partial charge in [-0.25, -0.2) is 0 Å². The molecule has 0 saturated carbocycles. The van der Waals surface area contributed by atoms with Crippen LogP contribution in [0.25, 0.3) is 0 Å². The first-order valence-corrected chi connectivity index (χ1v) is 6.34. The number of hydrogen-bond acceptors (Lipinski definition) is 3. The molecule has 3 heteroatoms. The lowest BCUT2D eigenvalue weighted by molar-refractivity contribution is -0.107. The molecule has 0 N–H and O–H groups in total. The summed E-state index contributed by atoms with van der Waals surface area (Å²) in [5.74, 6) is 0. The Balaban J connectivity index is 1.86. The molecule has 0 saturated heterocycles. The first kappa shape index (κ1) is 13.8. The molecular weight excluding hydrogens is 214 g/mol. The van der Waals surface area contributed by atoms with Gasteiger partial charge in [0.25, 0.3) is 0 Å². The van der Waals surface area contributed by atoms with E-state index in [0.29, 0.717) is 6.42 Å². The molecule has 0 bridgehead atoms. The van der Waals surface area contributed by atoms with E-state index in [2.05, 4.69) is 11.1 Å². The second kappa shape index (κ2) is 9.97. The summed E-state index contributed by atoms with van der Waals surface area (Å²) in [6.07, 6.45) is 10.6. The Morgan fingerprint density at radius 1 is 1.18 bits per heavy atom. The van der Waals surface area contributed by atoms with Crippen molar-refractivity contribution in [2.24, 2.45) is 0 Å². The van der Waals surface area contributed by atoms with Crippen molar-refractivity contribution in [3.63, 3.8) is 0 Å². The second-order valence-electron chi connectivity index (χ2n) is 4.09. The van der Waals surface area contributed by atoms with E-state index in [1.165, 1.54) is 5.56 Å². The number of hydrogen-bond donors (Lipinski definition) is 0. The first-order chi connectivity index (χ1) is 8.43. The fraction of sp³-hybridized carbons (Fsp3) is 0.571. The molecule has 1 aromatic heterocycles. The number of ether oxygens (including phenoxy) is 1. The smallest absolute Gasteiger partial charge is 0.119 e. The van der Waals surface area contributed by atoms with Crippen molar-refractivity contribution in [3.8, 4) is 0 Å². The van der Waals surface area contributed by atoms with Gasteiger partial charge in [0, 0.05) is 32.0 Å². The quantitative estimate of drug-likeness (QED) is 0.462. The van der Waals surface area contributed by atoms with Gasteiger partial charge >= 0.3 is 0 Å². The average Bonchev–Trinajstić information content (AvgIpc) is 2.38. The van der Waals surface area contributed by atoms with Gasteiger partial charge in [-0.2, -0.15) is 0 Å². The molecule has 0 fully saturated rings. The largest absolute Gasteiger partial charge is 0.381 e. The van der Waals surface area contributed by atoms with Gasteiger partial charge < -0.3 is 9.53 Å². The molecular formula is C14H21NO2. The van der Waals surface area contributed by atoms with E-state index in [4.69, 9.17) is 4.74 Å². The Morgan fingerprint density at radius 2 is 2.06 bits per heavy atom. The number of carbonyl (C=O) groups is 1. The van der Waals surface area contributed by atoms with Crippen molar-refractivity contribution in [2.45, 2.75) is 38.5 Å². The highest BCUT2D eigenvalue weighted by atomic mass is 16.5. The molecule has 94 valence electrons. The van der Waals surface area contributed by atoms with E-state index in [0.717, 1.165) is 51.6 Å². The molecule has 1 heterocycles. The monoisotopic (exact) mass is 235 g/mol. The summed E-state index contributed by atoms with van der Waals surface area (Å²) < 4.78 is 5.53. The predicted molar refractivity (Wildman–Crippen MR) is 67.9 cm³/mol. The zero-order valence-electron chi connectivity index (χ0n) is 10.3. The number of nitrogens with zero attached hydrogens (tertiary/aromatic N) is 1. The van der Waals surface area contributed by atoms with Crippen LogP contribution in [-0.4, -0.2) is 24.5 Å². The van der Waals surface area contributed by atoms with Gasteiger partial charge in [-0.1, -0.05) is 12.5 Å². The van der Waals surface area contributed by atoms with Gasteiger partial charge in [-0.3, -0.25) is 4.98 Å². The Labute approximate surface area is 103 Å². The van der Waals surface area contributed by atoms with Gasteiger partial charge in [0.2, 0.25) is 0 Å². The lowest BCUT2D eigenvalue weighted by Crippen LogP contribution is -1.99. The molecule has 0 atom stereocenters. The van der Waals surface area contributed by atoms with E-state index >= 15 is 0 Å². The van der Waals surface area contributed by atoms with E-state index in [1.54, 1.807) is 6.20 Å². The predicted octanol–water partition coefficient (Wildman–Crippen LogP) is 2.79. The van der Waals surface area contributed by atoms with Gasteiger partial charge in [0.1, 0.15) is 6.29 Å². The summed E-state index contributed by atoms with van der Waals surface area (Å²) in [5, 5.41) is 0. The van der Waals surface area contributed by atoms with Crippen LogP contribution in [0.1, 0.15) is 37.7 Å². The zero-order chi connectivity index (χ0) is 12.2. The molecule has 0 aliphatic rings. The summed E-state index contributed by atoms with van der Waals surface area (Å²) in [6, 6.07) is 4.05. The highest BCUT2D eigenvalue weighted by molar-refractivity contribution is 5.48. The third kappa shape index (κ3) is 7.64. The Hall–Kier alpha value is -1.22. The van der Waals surface area contributed by atoms with Crippen molar-refractivity contribution in [3.05, 3.63) is 30.1 Å². The molecule has 0 radical (unpaired) electrons. The highest BCUT2D eigenvalue weighted by Gasteiger charge is 1.93. The van der Waals surface area contributed by atoms with Crippen LogP contribution in [0.15, 0.2) is 24.5 Å². The van der Waals surface area contributed by atoms with Crippen LogP contribution >= 0.6 is 0 Å². The summed E-state index contributed by atoms with van der Waals surface area (Å²) in [7, 11) is 0. The number of unbranched alkanes of at least 4 members (excludes halogenated alkanes) is 3. The highest BCUT2D eigenvalue weighted by Crippen LogP contribution is 2.02. The van der Waals surface area contributed by atoms with Crippen LogP contribution in [0.3, 0.4) is 0 Å². The van der Waals surface area contributed by atoms with Crippen LogP contribution < -0.4 is 0 Å². The lowest BCUT2D eigenvalue weighted by atomic mass is 10.2. The van der Waals surface area contributed by atoms with Crippen molar-refractivity contribution in [1.82, 2.24) is 4.98 Å². The van der Waals surface area contributed by atoms with Gasteiger partial charge in [-0.05, 0) is 37.3 Å². The maximum atomic E-state index is 10.1. The van der Waals surface area contributed by atoms with E-state index < -0.39 is 0 Å². The number of aryl methyl sites for hydroxylation is 1. The second-order valence-corrected chi connectivity index (χ2v) is 4.09. The topological polar surface area (TPSA) is 39.2 Å². The standard InChI is InChI=1S/C14H21NO2/c16-10-3-1-2-4-11-17-12-6-8-14-7-5-9-15-13-14/h5,7,9-10,13H,1-4,6,8,11-12H2. The fourth-order valence-corrected chi connectivity index (χ4v) is 1.63. The minimum absolute atomic E-state index is 0.682. The molecule has 0 aromatic carbocycles. The van der Waals surface area contributed by atoms with Crippen molar-refractivity contribution >= 4 is 6.29 Å². The van der Waals surface area contributed by atoms with E-state index in [9.17, 15) is 4.79 Å². The molecule has 0 aliphatic carbocycles. The van der Waals surface area contributed by atoms with E-state index in [1.807, 2.05) is 12.3 Å². The van der Waals surface area contributed by atoms with Crippen molar-refractivity contribution in [2.75, 3.05) is 13.2 Å². The Kier molecular flexibility index (Phi) is 8.12. The van der Waals surface area contributed by atoms with Crippen LogP contribution in [0.2, 0.25) is 0 Å². The van der Waals surface area contributed by atoms with Crippen LogP contribution in [-0.2, 0) is 16.0 Å². The van der Waals surface area contributed by atoms with Gasteiger partial charge in [-0.15, -0.1) is 0 Å². The van der Waals surface area contributed by atoms with Gasteiger partial charge in [0.05, 0.1) is 0 Å². The molecule has 1 aromatic rings. The van der Waals surface area contributed by atoms with Crippen molar-refractivity contribution in [1.29, 1.82) is 0 Å². The van der Waals surface area contributed by atoms with E-state index in [-0.39, 0.29) is 0 Å². The Bertz CT molecular complexity index is 288. The maximum Gasteiger partial charge on any atom is 0.119 e. The van der Waals surface area contributed by atoms with Crippen molar-refractivity contribution < 1.29 is 9.53 Å². The molecule has 3 nitrogen and oxygen atoms in total. The number of aldehydes is 1.